The van der Waals surface area contributed by atoms with Crippen molar-refractivity contribution in [2.45, 2.75) is 83.7 Å². The lowest BCUT2D eigenvalue weighted by molar-refractivity contribution is -0.153. The molecule has 0 spiro atoms. The summed E-state index contributed by atoms with van der Waals surface area (Å²) in [5, 5.41) is 16.5. The summed E-state index contributed by atoms with van der Waals surface area (Å²) in [5.74, 6) is -2.69. The molecule has 0 bridgehead atoms. The number of H-pyrrole nitrogens is 1. The van der Waals surface area contributed by atoms with Crippen LogP contribution in [0.4, 0.5) is 0 Å². The van der Waals surface area contributed by atoms with Crippen molar-refractivity contribution in [2.75, 3.05) is 13.2 Å². The van der Waals surface area contributed by atoms with E-state index >= 15 is 0 Å². The van der Waals surface area contributed by atoms with Gasteiger partial charge in [-0.2, -0.15) is 5.21 Å². The van der Waals surface area contributed by atoms with E-state index in [9.17, 15) is 9.59 Å². The minimum absolute atomic E-state index is 0.117. The van der Waals surface area contributed by atoms with Gasteiger partial charge in [0.25, 0.3) is 0 Å². The molecule has 9 heteroatoms. The summed E-state index contributed by atoms with van der Waals surface area (Å²) < 4.78 is 54.0. The minimum atomic E-state index is -1.95. The molecule has 0 unspecified atom stereocenters. The number of aromatic amines is 1. The molecule has 1 saturated carbocycles. The first kappa shape index (κ1) is 16.6. The summed E-state index contributed by atoms with van der Waals surface area (Å²) in [6, 6.07) is -1.83. The monoisotopic (exact) mass is 426 g/mol. The fourth-order valence-corrected chi connectivity index (χ4v) is 3.86. The number of hydrogen-bond acceptors (Lipinski definition) is 8. The van der Waals surface area contributed by atoms with Crippen molar-refractivity contribution in [3.63, 3.8) is 0 Å². The zero-order valence-corrected chi connectivity index (χ0v) is 17.6. The average molecular weight is 427 g/mol. The van der Waals surface area contributed by atoms with E-state index in [1.807, 2.05) is 0 Å². The summed E-state index contributed by atoms with van der Waals surface area (Å²) in [7, 11) is 0. The van der Waals surface area contributed by atoms with Gasteiger partial charge in [-0.3, -0.25) is 9.59 Å². The normalized spacial score (nSPS) is 35.4. The van der Waals surface area contributed by atoms with E-state index in [-0.39, 0.29) is 50.5 Å². The number of esters is 2. The van der Waals surface area contributed by atoms with Crippen LogP contribution in [0.15, 0.2) is 0 Å². The molecule has 3 rings (SSSR count). The fourth-order valence-electron chi connectivity index (χ4n) is 3.86. The Morgan fingerprint density at radius 1 is 1.40 bits per heavy atom. The van der Waals surface area contributed by atoms with Gasteiger partial charge in [-0.15, -0.1) is 10.2 Å². The molecule has 30 heavy (non-hydrogen) atoms. The highest BCUT2D eigenvalue weighted by Crippen LogP contribution is 2.40. The smallest absolute Gasteiger partial charge is 0.323 e. The van der Waals surface area contributed by atoms with Crippen LogP contribution in [0, 0.1) is 17.8 Å². The van der Waals surface area contributed by atoms with Crippen molar-refractivity contribution in [1.82, 2.24) is 25.9 Å². The third-order valence-corrected chi connectivity index (χ3v) is 5.51. The SMILES string of the molecule is [2H]C1([2H])C[C@H]2CN[C@]([2H])(C(=O)O[C@H](C)CCCC(=O)OCC)C[C@H]2C([2H])([2H])[C@H]1CCc1nn[nH]n1. The van der Waals surface area contributed by atoms with Crippen LogP contribution in [0.1, 0.15) is 77.8 Å². The average Bonchev–Trinajstić information content (AvgIpc) is 3.27. The highest BCUT2D eigenvalue weighted by molar-refractivity contribution is 5.76. The number of carbonyl (C=O) groups excluding carboxylic acids is 2. The van der Waals surface area contributed by atoms with Gasteiger partial charge < -0.3 is 14.8 Å². The lowest BCUT2D eigenvalue weighted by Crippen LogP contribution is -2.50. The Labute approximate surface area is 185 Å². The maximum Gasteiger partial charge on any atom is 0.323 e. The lowest BCUT2D eigenvalue weighted by atomic mass is 9.69. The molecule has 0 amide bonds. The first-order valence-corrected chi connectivity index (χ1v) is 10.7. The van der Waals surface area contributed by atoms with Crippen LogP contribution in [-0.2, 0) is 25.5 Å². The molecular formula is C21H35N5O4. The summed E-state index contributed by atoms with van der Waals surface area (Å²) in [5.41, 5.74) is 0. The quantitative estimate of drug-likeness (QED) is 0.547. The van der Waals surface area contributed by atoms with Crippen LogP contribution in [0.25, 0.3) is 0 Å². The van der Waals surface area contributed by atoms with Gasteiger partial charge in [0, 0.05) is 18.3 Å². The predicted octanol–water partition coefficient (Wildman–Crippen LogP) is 2.19. The topological polar surface area (TPSA) is 119 Å². The Kier molecular flexibility index (Phi) is 6.31. The number of fused-ring (bicyclic) bond motifs is 1. The van der Waals surface area contributed by atoms with Gasteiger partial charge in [-0.05, 0) is 76.6 Å². The van der Waals surface area contributed by atoms with Crippen molar-refractivity contribution in [3.05, 3.63) is 5.82 Å². The number of nitrogens with one attached hydrogen (secondary N) is 2. The number of rotatable bonds is 10. The van der Waals surface area contributed by atoms with Crippen LogP contribution in [0.5, 0.6) is 0 Å². The zero-order chi connectivity index (χ0) is 25.9. The zero-order valence-electron chi connectivity index (χ0n) is 22.6. The van der Waals surface area contributed by atoms with E-state index in [1.165, 1.54) is 0 Å². The van der Waals surface area contributed by atoms with Gasteiger partial charge in [0.2, 0.25) is 0 Å². The number of tetrazole rings is 1. The number of aromatic nitrogens is 4. The van der Waals surface area contributed by atoms with Crippen molar-refractivity contribution in [2.24, 2.45) is 17.8 Å². The van der Waals surface area contributed by atoms with E-state index in [2.05, 4.69) is 25.9 Å². The highest BCUT2D eigenvalue weighted by atomic mass is 16.5. The van der Waals surface area contributed by atoms with Crippen molar-refractivity contribution in [1.29, 1.82) is 0 Å². The minimum Gasteiger partial charge on any atom is -0.466 e. The van der Waals surface area contributed by atoms with Gasteiger partial charge in [0.05, 0.1) is 14.1 Å². The summed E-state index contributed by atoms with van der Waals surface area (Å²) in [4.78, 5) is 24.4. The number of aryl methyl sites for hydroxylation is 1. The number of hydrogen-bond donors (Lipinski definition) is 2. The molecule has 1 aromatic rings. The Morgan fingerprint density at radius 2 is 2.27 bits per heavy atom. The van der Waals surface area contributed by atoms with Crippen LogP contribution in [0.3, 0.4) is 0 Å². The fraction of sp³-hybridized carbons (Fsp3) is 0.857. The molecule has 1 saturated heterocycles. The van der Waals surface area contributed by atoms with Crippen molar-refractivity contribution < 1.29 is 25.9 Å². The third-order valence-electron chi connectivity index (χ3n) is 5.51. The Morgan fingerprint density at radius 3 is 3.03 bits per heavy atom. The van der Waals surface area contributed by atoms with Crippen LogP contribution >= 0.6 is 0 Å². The Hall–Kier alpha value is -2.03. The largest absolute Gasteiger partial charge is 0.466 e. The van der Waals surface area contributed by atoms with Crippen molar-refractivity contribution >= 4 is 11.9 Å². The first-order valence-electron chi connectivity index (χ1n) is 13.2. The van der Waals surface area contributed by atoms with Gasteiger partial charge >= 0.3 is 11.9 Å². The number of nitrogens with zero attached hydrogens (tertiary/aromatic N) is 3. The Bertz CT molecular complexity index is 874. The molecular weight excluding hydrogens is 386 g/mol. The molecule has 2 fully saturated rings. The van der Waals surface area contributed by atoms with Gasteiger partial charge in [-0.1, -0.05) is 11.6 Å². The number of ether oxygens (including phenoxy) is 2. The second-order valence-corrected chi connectivity index (χ2v) is 7.84. The van der Waals surface area contributed by atoms with Gasteiger partial charge in [0.1, 0.15) is 6.02 Å². The van der Waals surface area contributed by atoms with Crippen molar-refractivity contribution in [3.8, 4) is 0 Å². The van der Waals surface area contributed by atoms with Crippen LogP contribution < -0.4 is 5.32 Å². The second kappa shape index (κ2) is 11.4. The van der Waals surface area contributed by atoms with E-state index in [0.29, 0.717) is 25.3 Å². The number of piperidine rings is 1. The summed E-state index contributed by atoms with van der Waals surface area (Å²) in [6.07, 6.45) is -2.61. The van der Waals surface area contributed by atoms with Gasteiger partial charge in [-0.25, -0.2) is 0 Å². The predicted molar refractivity (Wildman–Crippen MR) is 109 cm³/mol. The standard InChI is InChI=1S/C21H35N5O4/c1-3-29-20(27)6-4-5-14(2)30-21(28)18-12-17-11-15(7-9-16(17)13-22-18)8-10-19-23-25-26-24-19/h14-18,22H,3-13H2,1-2H3,(H,23,24,25,26)/t14-,15-,16+,17-,18+/m1/s1/i7D2,11D2,18D. The van der Waals surface area contributed by atoms with Crippen LogP contribution in [-0.4, -0.2) is 57.8 Å². The van der Waals surface area contributed by atoms with Crippen LogP contribution in [0.2, 0.25) is 0 Å². The molecule has 0 aromatic carbocycles. The molecule has 9 nitrogen and oxygen atoms in total. The molecule has 5 atom stereocenters. The van der Waals surface area contributed by atoms with Gasteiger partial charge in [0.15, 0.2) is 5.82 Å². The molecule has 2 aliphatic rings. The second-order valence-electron chi connectivity index (χ2n) is 7.84. The molecule has 1 aromatic heterocycles. The molecule has 1 aliphatic carbocycles. The molecule has 2 N–H and O–H groups in total. The first-order chi connectivity index (χ1) is 16.4. The maximum absolute atomic E-state index is 12.9. The highest BCUT2D eigenvalue weighted by Gasteiger charge is 2.38. The third kappa shape index (κ3) is 6.75. The summed E-state index contributed by atoms with van der Waals surface area (Å²) >= 11 is 0. The summed E-state index contributed by atoms with van der Waals surface area (Å²) in [6.45, 7) is 3.89. The molecule has 168 valence electrons. The van der Waals surface area contributed by atoms with E-state index in [0.717, 1.165) is 0 Å². The van der Waals surface area contributed by atoms with E-state index < -0.39 is 42.7 Å². The molecule has 0 radical (unpaired) electrons. The molecule has 1 aliphatic heterocycles. The van der Waals surface area contributed by atoms with E-state index in [4.69, 9.17) is 16.3 Å². The molecule has 2 heterocycles. The maximum atomic E-state index is 12.9. The number of carbonyl (C=O) groups is 2. The Balaban J connectivity index is 1.63. The van der Waals surface area contributed by atoms with E-state index in [1.54, 1.807) is 13.8 Å². The lowest BCUT2D eigenvalue weighted by Gasteiger charge is -2.42.